The second kappa shape index (κ2) is 5.87. The number of aliphatic hydroxyl groups is 1. The van der Waals surface area contributed by atoms with Crippen molar-refractivity contribution in [2.24, 2.45) is 0 Å². The van der Waals surface area contributed by atoms with Gasteiger partial charge in [0.2, 0.25) is 0 Å². The van der Waals surface area contributed by atoms with Crippen molar-refractivity contribution in [3.05, 3.63) is 34.9 Å². The molecule has 2 aromatic rings. The fourth-order valence-electron chi connectivity index (χ4n) is 2.23. The number of furan rings is 1. The van der Waals surface area contributed by atoms with Crippen LogP contribution in [0.4, 0.5) is 0 Å². The van der Waals surface area contributed by atoms with E-state index in [4.69, 9.17) is 4.42 Å². The van der Waals surface area contributed by atoms with E-state index in [0.29, 0.717) is 17.2 Å². The van der Waals surface area contributed by atoms with E-state index in [9.17, 15) is 9.90 Å². The standard InChI is InChI=1S/C15H17NO3S2/c1-10-2-3-11(19-10)12-4-5-13(21-12)14(17)16-8-15(18)6-7-20-9-15/h2-5,18H,6-9H2,1H3,(H,16,17)/t15-/m0/s1. The molecule has 0 spiro atoms. The summed E-state index contributed by atoms with van der Waals surface area (Å²) in [6, 6.07) is 7.49. The Morgan fingerprint density at radius 3 is 2.95 bits per heavy atom. The minimum atomic E-state index is -0.751. The molecule has 1 aliphatic rings. The third-order valence-electron chi connectivity index (χ3n) is 3.47. The number of aryl methyl sites for hydroxylation is 1. The van der Waals surface area contributed by atoms with Crippen molar-refractivity contribution in [1.29, 1.82) is 0 Å². The van der Waals surface area contributed by atoms with Crippen LogP contribution >= 0.6 is 23.1 Å². The van der Waals surface area contributed by atoms with Crippen molar-refractivity contribution >= 4 is 29.0 Å². The lowest BCUT2D eigenvalue weighted by atomic mass is 10.0. The molecule has 21 heavy (non-hydrogen) atoms. The summed E-state index contributed by atoms with van der Waals surface area (Å²) >= 11 is 3.12. The van der Waals surface area contributed by atoms with Gasteiger partial charge in [-0.05, 0) is 43.4 Å². The molecule has 0 saturated carbocycles. The van der Waals surface area contributed by atoms with E-state index < -0.39 is 5.60 Å². The summed E-state index contributed by atoms with van der Waals surface area (Å²) in [6.45, 7) is 2.21. The molecule has 0 bridgehead atoms. The summed E-state index contributed by atoms with van der Waals surface area (Å²) in [5.41, 5.74) is -0.751. The highest BCUT2D eigenvalue weighted by Crippen LogP contribution is 2.30. The molecule has 1 saturated heterocycles. The first kappa shape index (κ1) is 14.7. The Bertz CT molecular complexity index is 641. The van der Waals surface area contributed by atoms with E-state index >= 15 is 0 Å². The normalized spacial score (nSPS) is 21.6. The number of nitrogens with one attached hydrogen (secondary N) is 1. The van der Waals surface area contributed by atoms with Crippen molar-refractivity contribution < 1.29 is 14.3 Å². The Morgan fingerprint density at radius 1 is 1.43 bits per heavy atom. The van der Waals surface area contributed by atoms with Crippen molar-refractivity contribution in [1.82, 2.24) is 5.32 Å². The third-order valence-corrected chi connectivity index (χ3v) is 5.81. The minimum absolute atomic E-state index is 0.139. The van der Waals surface area contributed by atoms with Crippen LogP contribution in [0, 0.1) is 6.92 Å². The Kier molecular flexibility index (Phi) is 4.10. The van der Waals surface area contributed by atoms with Crippen LogP contribution in [0.5, 0.6) is 0 Å². The highest BCUT2D eigenvalue weighted by atomic mass is 32.2. The van der Waals surface area contributed by atoms with Crippen molar-refractivity contribution in [2.45, 2.75) is 18.9 Å². The molecule has 6 heteroatoms. The SMILES string of the molecule is Cc1ccc(-c2ccc(C(=O)NC[C@@]3(O)CCSC3)s2)o1. The Hall–Kier alpha value is -1.24. The number of amides is 1. The molecular formula is C15H17NO3S2. The second-order valence-electron chi connectivity index (χ2n) is 5.28. The fourth-order valence-corrected chi connectivity index (χ4v) is 4.41. The van der Waals surface area contributed by atoms with E-state index in [1.807, 2.05) is 25.1 Å². The van der Waals surface area contributed by atoms with Crippen LogP contribution in [0.2, 0.25) is 0 Å². The van der Waals surface area contributed by atoms with Gasteiger partial charge in [0, 0.05) is 12.3 Å². The molecule has 0 radical (unpaired) electrons. The fraction of sp³-hybridized carbons (Fsp3) is 0.400. The summed E-state index contributed by atoms with van der Waals surface area (Å²) in [5, 5.41) is 13.1. The maximum absolute atomic E-state index is 12.1. The average Bonchev–Trinajstić information content (AvgIpc) is 3.16. The van der Waals surface area contributed by atoms with Crippen LogP contribution in [0.25, 0.3) is 10.6 Å². The van der Waals surface area contributed by atoms with E-state index in [1.165, 1.54) is 11.3 Å². The van der Waals surface area contributed by atoms with Crippen LogP contribution in [-0.2, 0) is 0 Å². The Morgan fingerprint density at radius 2 is 2.29 bits per heavy atom. The zero-order valence-corrected chi connectivity index (χ0v) is 13.4. The number of hydrogen-bond acceptors (Lipinski definition) is 5. The number of thioether (sulfide) groups is 1. The first-order chi connectivity index (χ1) is 10.1. The summed E-state index contributed by atoms with van der Waals surface area (Å²) in [4.78, 5) is 13.7. The van der Waals surface area contributed by atoms with Gasteiger partial charge in [-0.25, -0.2) is 0 Å². The maximum atomic E-state index is 12.1. The predicted octanol–water partition coefficient (Wildman–Crippen LogP) is 2.91. The summed E-state index contributed by atoms with van der Waals surface area (Å²) in [6.07, 6.45) is 0.735. The predicted molar refractivity (Wildman–Crippen MR) is 86.0 cm³/mol. The first-order valence-electron chi connectivity index (χ1n) is 6.81. The number of carbonyl (C=O) groups is 1. The molecule has 1 aliphatic heterocycles. The van der Waals surface area contributed by atoms with Crippen molar-refractivity contribution in [3.8, 4) is 10.6 Å². The van der Waals surface area contributed by atoms with E-state index in [1.54, 1.807) is 17.8 Å². The van der Waals surface area contributed by atoms with E-state index in [0.717, 1.165) is 28.6 Å². The molecule has 2 aromatic heterocycles. The topological polar surface area (TPSA) is 62.5 Å². The molecule has 1 atom stereocenters. The summed E-state index contributed by atoms with van der Waals surface area (Å²) in [7, 11) is 0. The van der Waals surface area contributed by atoms with Gasteiger partial charge >= 0.3 is 0 Å². The van der Waals surface area contributed by atoms with Gasteiger partial charge in [0.25, 0.3) is 5.91 Å². The van der Waals surface area contributed by atoms with Crippen molar-refractivity contribution in [3.63, 3.8) is 0 Å². The minimum Gasteiger partial charge on any atom is -0.461 e. The number of carbonyl (C=O) groups excluding carboxylic acids is 1. The van der Waals surface area contributed by atoms with Crippen LogP contribution in [0.1, 0.15) is 21.9 Å². The zero-order chi connectivity index (χ0) is 14.9. The molecular weight excluding hydrogens is 306 g/mol. The third kappa shape index (κ3) is 3.33. The van der Waals surface area contributed by atoms with Gasteiger partial charge in [-0.3, -0.25) is 4.79 Å². The lowest BCUT2D eigenvalue weighted by Gasteiger charge is -2.21. The molecule has 2 N–H and O–H groups in total. The number of rotatable bonds is 4. The molecule has 0 aliphatic carbocycles. The average molecular weight is 323 g/mol. The van der Waals surface area contributed by atoms with Gasteiger partial charge in [0.1, 0.15) is 11.5 Å². The second-order valence-corrected chi connectivity index (χ2v) is 7.47. The van der Waals surface area contributed by atoms with E-state index in [-0.39, 0.29) is 5.91 Å². The number of thiophene rings is 1. The molecule has 0 unspecified atom stereocenters. The van der Waals surface area contributed by atoms with Gasteiger partial charge in [0.15, 0.2) is 0 Å². The Labute approximate surface area is 131 Å². The molecule has 0 aromatic carbocycles. The summed E-state index contributed by atoms with van der Waals surface area (Å²) < 4.78 is 5.56. The van der Waals surface area contributed by atoms with Crippen LogP contribution in [-0.4, -0.2) is 34.7 Å². The van der Waals surface area contributed by atoms with Gasteiger partial charge in [0.05, 0.1) is 15.4 Å². The monoisotopic (exact) mass is 323 g/mol. The van der Waals surface area contributed by atoms with Gasteiger partial charge in [-0.1, -0.05) is 0 Å². The number of hydrogen-bond donors (Lipinski definition) is 2. The molecule has 3 heterocycles. The molecule has 1 fully saturated rings. The summed E-state index contributed by atoms with van der Waals surface area (Å²) in [5.74, 6) is 3.13. The van der Waals surface area contributed by atoms with E-state index in [2.05, 4.69) is 5.32 Å². The quantitative estimate of drug-likeness (QED) is 0.908. The highest BCUT2D eigenvalue weighted by Gasteiger charge is 2.32. The van der Waals surface area contributed by atoms with Gasteiger partial charge < -0.3 is 14.8 Å². The molecule has 112 valence electrons. The first-order valence-corrected chi connectivity index (χ1v) is 8.78. The highest BCUT2D eigenvalue weighted by molar-refractivity contribution is 7.99. The van der Waals surface area contributed by atoms with Crippen LogP contribution < -0.4 is 5.32 Å². The Balaban J connectivity index is 1.64. The van der Waals surface area contributed by atoms with Crippen LogP contribution in [0.15, 0.2) is 28.7 Å². The molecule has 1 amide bonds. The van der Waals surface area contributed by atoms with Gasteiger partial charge in [-0.15, -0.1) is 11.3 Å². The lowest BCUT2D eigenvalue weighted by molar-refractivity contribution is 0.0614. The maximum Gasteiger partial charge on any atom is 0.261 e. The zero-order valence-electron chi connectivity index (χ0n) is 11.7. The van der Waals surface area contributed by atoms with Gasteiger partial charge in [-0.2, -0.15) is 11.8 Å². The molecule has 3 rings (SSSR count). The smallest absolute Gasteiger partial charge is 0.261 e. The van der Waals surface area contributed by atoms with Crippen LogP contribution in [0.3, 0.4) is 0 Å². The largest absolute Gasteiger partial charge is 0.461 e. The lowest BCUT2D eigenvalue weighted by Crippen LogP contribution is -2.42. The molecule has 4 nitrogen and oxygen atoms in total. The van der Waals surface area contributed by atoms with Crippen molar-refractivity contribution in [2.75, 3.05) is 18.1 Å².